The van der Waals surface area contributed by atoms with Crippen molar-refractivity contribution in [1.82, 2.24) is 10.2 Å². The van der Waals surface area contributed by atoms with Gasteiger partial charge in [-0.05, 0) is 38.6 Å². The second-order valence-corrected chi connectivity index (χ2v) is 6.43. The molecular formula is C19H26N2O4S. The summed E-state index contributed by atoms with van der Waals surface area (Å²) in [6.45, 7) is 6.33. The first-order chi connectivity index (χ1) is 12.4. The lowest BCUT2D eigenvalue weighted by Gasteiger charge is -2.38. The summed E-state index contributed by atoms with van der Waals surface area (Å²) in [5, 5.41) is 3.89. The van der Waals surface area contributed by atoms with Crippen LogP contribution < -0.4 is 19.5 Å². The number of nitrogens with one attached hydrogen (secondary N) is 1. The van der Waals surface area contributed by atoms with E-state index in [4.69, 9.17) is 26.4 Å². The molecule has 2 rings (SSSR count). The van der Waals surface area contributed by atoms with Crippen molar-refractivity contribution in [3.63, 3.8) is 0 Å². The van der Waals surface area contributed by atoms with Gasteiger partial charge in [0.25, 0.3) is 0 Å². The van der Waals surface area contributed by atoms with Crippen molar-refractivity contribution >= 4 is 23.1 Å². The van der Waals surface area contributed by atoms with Crippen LogP contribution in [0.4, 0.5) is 0 Å². The fourth-order valence-corrected chi connectivity index (χ4v) is 3.59. The summed E-state index contributed by atoms with van der Waals surface area (Å²) < 4.78 is 16.3. The Balaban J connectivity index is 2.66. The lowest BCUT2D eigenvalue weighted by atomic mass is 9.91. The van der Waals surface area contributed by atoms with Gasteiger partial charge in [-0.1, -0.05) is 6.92 Å². The highest BCUT2D eigenvalue weighted by atomic mass is 32.1. The predicted octanol–water partition coefficient (Wildman–Crippen LogP) is 3.22. The van der Waals surface area contributed by atoms with Gasteiger partial charge in [-0.3, -0.25) is 4.79 Å². The van der Waals surface area contributed by atoms with Crippen LogP contribution in [0.25, 0.3) is 0 Å². The van der Waals surface area contributed by atoms with Gasteiger partial charge in [0.05, 0.1) is 27.4 Å². The van der Waals surface area contributed by atoms with Gasteiger partial charge in [-0.15, -0.1) is 0 Å². The van der Waals surface area contributed by atoms with Gasteiger partial charge in [-0.2, -0.15) is 0 Å². The number of thiocarbonyl (C=S) groups is 1. The molecule has 7 heteroatoms. The lowest BCUT2D eigenvalue weighted by molar-refractivity contribution is -0.114. The van der Waals surface area contributed by atoms with E-state index in [-0.39, 0.29) is 5.78 Å². The number of carbonyl (C=O) groups is 1. The molecular weight excluding hydrogens is 352 g/mol. The van der Waals surface area contributed by atoms with Gasteiger partial charge in [0.1, 0.15) is 5.75 Å². The quantitative estimate of drug-likeness (QED) is 0.731. The van der Waals surface area contributed by atoms with Crippen LogP contribution >= 0.6 is 12.2 Å². The van der Waals surface area contributed by atoms with E-state index in [9.17, 15) is 4.79 Å². The average molecular weight is 378 g/mol. The maximum atomic E-state index is 12.5. The number of rotatable bonds is 7. The molecule has 0 saturated heterocycles. The number of carbonyl (C=O) groups excluding carboxylic acids is 1. The van der Waals surface area contributed by atoms with Gasteiger partial charge >= 0.3 is 0 Å². The fraction of sp³-hybridized carbons (Fsp3) is 0.474. The molecule has 0 radical (unpaired) electrons. The van der Waals surface area contributed by atoms with E-state index >= 15 is 0 Å². The van der Waals surface area contributed by atoms with Crippen LogP contribution in [0.1, 0.15) is 38.8 Å². The third-order valence-electron chi connectivity index (χ3n) is 4.47. The minimum Gasteiger partial charge on any atom is -0.496 e. The monoisotopic (exact) mass is 378 g/mol. The van der Waals surface area contributed by atoms with E-state index in [0.717, 1.165) is 24.2 Å². The molecule has 1 aromatic rings. The molecule has 6 nitrogen and oxygen atoms in total. The Morgan fingerprint density at radius 2 is 1.73 bits per heavy atom. The largest absolute Gasteiger partial charge is 0.496 e. The van der Waals surface area contributed by atoms with Gasteiger partial charge in [0.2, 0.25) is 0 Å². The van der Waals surface area contributed by atoms with E-state index in [0.29, 0.717) is 27.9 Å². The van der Waals surface area contributed by atoms with Crippen molar-refractivity contribution in [3.05, 3.63) is 29.0 Å². The first kappa shape index (κ1) is 20.0. The molecule has 1 N–H and O–H groups in total. The van der Waals surface area contributed by atoms with Crippen molar-refractivity contribution in [2.45, 2.75) is 33.2 Å². The minimum atomic E-state index is -0.414. The van der Waals surface area contributed by atoms with Crippen LogP contribution in [-0.4, -0.2) is 43.7 Å². The molecule has 0 spiro atoms. The molecule has 1 heterocycles. The van der Waals surface area contributed by atoms with Crippen LogP contribution in [0.15, 0.2) is 23.4 Å². The maximum absolute atomic E-state index is 12.5. The van der Waals surface area contributed by atoms with E-state index in [1.165, 1.54) is 0 Å². The Morgan fingerprint density at radius 3 is 2.23 bits per heavy atom. The zero-order valence-electron chi connectivity index (χ0n) is 16.1. The SMILES string of the molecule is CCCN1C(=S)NC(c2cc(OC)c(OC)cc2OC)C(C(C)=O)=C1C. The molecule has 1 aliphatic heterocycles. The molecule has 142 valence electrons. The number of benzene rings is 1. The zero-order chi connectivity index (χ0) is 19.4. The Labute approximate surface area is 160 Å². The third-order valence-corrected chi connectivity index (χ3v) is 4.81. The number of ketones is 1. The summed E-state index contributed by atoms with van der Waals surface area (Å²) in [5.74, 6) is 1.70. The Hall–Kier alpha value is -2.28. The standard InChI is InChI=1S/C19H26N2O4S/c1-7-8-21-11(2)17(12(3)22)18(20-19(21)26)13-9-15(24-5)16(25-6)10-14(13)23-4/h9-10,18H,7-8H2,1-6H3,(H,20,26). The maximum Gasteiger partial charge on any atom is 0.173 e. The third kappa shape index (κ3) is 3.62. The number of ether oxygens (including phenoxy) is 3. The summed E-state index contributed by atoms with van der Waals surface area (Å²) in [5.41, 5.74) is 2.30. The van der Waals surface area contributed by atoms with Crippen LogP contribution in [0.5, 0.6) is 17.2 Å². The number of Topliss-reactive ketones (excluding diaryl/α,β-unsaturated/α-hetero) is 1. The second kappa shape index (κ2) is 8.40. The smallest absolute Gasteiger partial charge is 0.173 e. The minimum absolute atomic E-state index is 0.0135. The van der Waals surface area contributed by atoms with E-state index in [1.54, 1.807) is 34.3 Å². The van der Waals surface area contributed by atoms with Gasteiger partial charge < -0.3 is 24.4 Å². The molecule has 1 aliphatic rings. The van der Waals surface area contributed by atoms with Gasteiger partial charge in [-0.25, -0.2) is 0 Å². The lowest BCUT2D eigenvalue weighted by Crippen LogP contribution is -2.47. The summed E-state index contributed by atoms with van der Waals surface area (Å²) >= 11 is 5.55. The molecule has 0 aromatic heterocycles. The predicted molar refractivity (Wildman–Crippen MR) is 105 cm³/mol. The molecule has 1 atom stereocenters. The molecule has 0 fully saturated rings. The molecule has 26 heavy (non-hydrogen) atoms. The van der Waals surface area contributed by atoms with Crippen molar-refractivity contribution < 1.29 is 19.0 Å². The van der Waals surface area contributed by atoms with Crippen molar-refractivity contribution in [2.75, 3.05) is 27.9 Å². The highest BCUT2D eigenvalue weighted by Gasteiger charge is 2.34. The number of methoxy groups -OCH3 is 3. The molecule has 0 aliphatic carbocycles. The van der Waals surface area contributed by atoms with Crippen molar-refractivity contribution in [3.8, 4) is 17.2 Å². The van der Waals surface area contributed by atoms with E-state index in [1.807, 2.05) is 17.9 Å². The molecule has 0 saturated carbocycles. The van der Waals surface area contributed by atoms with Crippen molar-refractivity contribution in [1.29, 1.82) is 0 Å². The van der Waals surface area contributed by atoms with E-state index in [2.05, 4.69) is 12.2 Å². The molecule has 1 unspecified atom stereocenters. The number of hydrogen-bond acceptors (Lipinski definition) is 5. The topological polar surface area (TPSA) is 60.0 Å². The zero-order valence-corrected chi connectivity index (χ0v) is 17.0. The number of nitrogens with zero attached hydrogens (tertiary/aromatic N) is 1. The molecule has 1 aromatic carbocycles. The second-order valence-electron chi connectivity index (χ2n) is 6.04. The highest BCUT2D eigenvalue weighted by Crippen LogP contribution is 2.41. The summed E-state index contributed by atoms with van der Waals surface area (Å²) in [4.78, 5) is 14.4. The van der Waals surface area contributed by atoms with Gasteiger partial charge in [0.15, 0.2) is 22.4 Å². The highest BCUT2D eigenvalue weighted by molar-refractivity contribution is 7.80. The normalized spacial score (nSPS) is 17.1. The first-order valence-electron chi connectivity index (χ1n) is 8.49. The van der Waals surface area contributed by atoms with Gasteiger partial charge in [0, 0.05) is 29.4 Å². The Bertz CT molecular complexity index is 745. The van der Waals surface area contributed by atoms with Crippen LogP contribution in [0.2, 0.25) is 0 Å². The van der Waals surface area contributed by atoms with Crippen molar-refractivity contribution in [2.24, 2.45) is 0 Å². The molecule has 0 bridgehead atoms. The average Bonchev–Trinajstić information content (AvgIpc) is 2.62. The fourth-order valence-electron chi connectivity index (χ4n) is 3.24. The van der Waals surface area contributed by atoms with Crippen LogP contribution in [0.3, 0.4) is 0 Å². The first-order valence-corrected chi connectivity index (χ1v) is 8.89. The van der Waals surface area contributed by atoms with E-state index < -0.39 is 6.04 Å². The summed E-state index contributed by atoms with van der Waals surface area (Å²) in [6, 6.07) is 3.16. The number of allylic oxidation sites excluding steroid dienone is 1. The van der Waals surface area contributed by atoms with Crippen LogP contribution in [0, 0.1) is 0 Å². The molecule has 0 amide bonds. The summed E-state index contributed by atoms with van der Waals surface area (Å²) in [6.07, 6.45) is 0.925. The number of hydrogen-bond donors (Lipinski definition) is 1. The Morgan fingerprint density at radius 1 is 1.15 bits per heavy atom. The van der Waals surface area contributed by atoms with Crippen LogP contribution in [-0.2, 0) is 4.79 Å². The summed E-state index contributed by atoms with van der Waals surface area (Å²) in [7, 11) is 4.72. The Kier molecular flexibility index (Phi) is 6.47.